The molecule has 2 aromatic carbocycles. The average Bonchev–Trinajstić information content (AvgIpc) is 3.60. The molecule has 1 fully saturated rings. The monoisotopic (exact) mass is 453 g/mol. The Bertz CT molecular complexity index is 1100. The number of pyridine rings is 1. The van der Waals surface area contributed by atoms with Crippen molar-refractivity contribution < 1.29 is 9.59 Å². The number of para-hydroxylation sites is 1. The molecular formula is C24H24ClN3O2S. The van der Waals surface area contributed by atoms with Crippen LogP contribution in [0.1, 0.15) is 48.1 Å². The lowest BCUT2D eigenvalue weighted by Crippen LogP contribution is -2.29. The van der Waals surface area contributed by atoms with Gasteiger partial charge in [0.05, 0.1) is 27.9 Å². The first-order valence-electron chi connectivity index (χ1n) is 10.4. The van der Waals surface area contributed by atoms with Crippen LogP contribution in [0.2, 0.25) is 5.02 Å². The highest BCUT2D eigenvalue weighted by atomic mass is 35.5. The summed E-state index contributed by atoms with van der Waals surface area (Å²) >= 11 is 7.30. The van der Waals surface area contributed by atoms with Gasteiger partial charge in [-0.15, -0.1) is 0 Å². The minimum absolute atomic E-state index is 0.0743. The molecule has 0 aliphatic heterocycles. The van der Waals surface area contributed by atoms with E-state index in [1.165, 1.54) is 11.8 Å². The SMILES string of the molecule is CCC(NC(=O)CSc1cc(C(=O)NC2CC2)c2ccccc2n1)c1ccc(Cl)cc1. The zero-order chi connectivity index (χ0) is 21.8. The van der Waals surface area contributed by atoms with E-state index in [4.69, 9.17) is 11.6 Å². The van der Waals surface area contributed by atoms with Gasteiger partial charge in [-0.25, -0.2) is 4.98 Å². The molecule has 2 amide bonds. The smallest absolute Gasteiger partial charge is 0.252 e. The molecule has 31 heavy (non-hydrogen) atoms. The lowest BCUT2D eigenvalue weighted by molar-refractivity contribution is -0.119. The van der Waals surface area contributed by atoms with Crippen molar-refractivity contribution in [2.75, 3.05) is 5.75 Å². The van der Waals surface area contributed by atoms with E-state index in [2.05, 4.69) is 15.6 Å². The molecule has 1 aliphatic carbocycles. The number of rotatable bonds is 8. The van der Waals surface area contributed by atoms with Crippen LogP contribution in [-0.2, 0) is 4.79 Å². The van der Waals surface area contributed by atoms with Gasteiger partial charge in [-0.1, -0.05) is 60.6 Å². The second-order valence-corrected chi connectivity index (χ2v) is 9.07. The molecule has 1 heterocycles. The molecule has 0 bridgehead atoms. The minimum atomic E-state index is -0.0822. The molecule has 1 aromatic heterocycles. The van der Waals surface area contributed by atoms with Gasteiger partial charge in [-0.3, -0.25) is 9.59 Å². The van der Waals surface area contributed by atoms with E-state index in [-0.39, 0.29) is 29.7 Å². The number of thioether (sulfide) groups is 1. The van der Waals surface area contributed by atoms with Gasteiger partial charge in [0.15, 0.2) is 0 Å². The first kappa shape index (κ1) is 21.7. The van der Waals surface area contributed by atoms with E-state index in [1.807, 2.05) is 55.5 Å². The number of nitrogens with one attached hydrogen (secondary N) is 2. The molecule has 1 saturated carbocycles. The quantitative estimate of drug-likeness (QED) is 0.463. The third-order valence-corrected chi connectivity index (χ3v) is 6.38. The Morgan fingerprint density at radius 1 is 1.16 bits per heavy atom. The van der Waals surface area contributed by atoms with Crippen molar-refractivity contribution in [1.82, 2.24) is 15.6 Å². The summed E-state index contributed by atoms with van der Waals surface area (Å²) in [6.07, 6.45) is 2.84. The summed E-state index contributed by atoms with van der Waals surface area (Å²) in [5.41, 5.74) is 2.38. The summed E-state index contributed by atoms with van der Waals surface area (Å²) < 4.78 is 0. The van der Waals surface area contributed by atoms with Crippen LogP contribution in [0.15, 0.2) is 59.6 Å². The number of carbonyl (C=O) groups excluding carboxylic acids is 2. The predicted octanol–water partition coefficient (Wildman–Crippen LogP) is 5.14. The topological polar surface area (TPSA) is 71.1 Å². The Morgan fingerprint density at radius 2 is 1.90 bits per heavy atom. The average molecular weight is 454 g/mol. The van der Waals surface area contributed by atoms with E-state index in [0.29, 0.717) is 15.6 Å². The van der Waals surface area contributed by atoms with E-state index in [1.54, 1.807) is 6.07 Å². The van der Waals surface area contributed by atoms with Gasteiger partial charge in [-0.2, -0.15) is 0 Å². The van der Waals surface area contributed by atoms with Gasteiger partial charge >= 0.3 is 0 Å². The molecule has 1 atom stereocenters. The van der Waals surface area contributed by atoms with Crippen LogP contribution in [0.25, 0.3) is 10.9 Å². The second-order valence-electron chi connectivity index (χ2n) is 7.64. The van der Waals surface area contributed by atoms with Crippen LogP contribution in [0.4, 0.5) is 0 Å². The van der Waals surface area contributed by atoms with Crippen LogP contribution in [0.5, 0.6) is 0 Å². The Morgan fingerprint density at radius 3 is 2.61 bits per heavy atom. The van der Waals surface area contributed by atoms with Crippen molar-refractivity contribution >= 4 is 46.1 Å². The zero-order valence-electron chi connectivity index (χ0n) is 17.2. The normalized spacial score (nSPS) is 14.3. The maximum atomic E-state index is 12.7. The highest BCUT2D eigenvalue weighted by molar-refractivity contribution is 7.99. The predicted molar refractivity (Wildman–Crippen MR) is 126 cm³/mol. The van der Waals surface area contributed by atoms with E-state index < -0.39 is 0 Å². The Hall–Kier alpha value is -2.57. The first-order chi connectivity index (χ1) is 15.0. The Kier molecular flexibility index (Phi) is 6.78. The van der Waals surface area contributed by atoms with Gasteiger partial charge in [0.1, 0.15) is 0 Å². The number of hydrogen-bond donors (Lipinski definition) is 2. The van der Waals surface area contributed by atoms with Gasteiger partial charge in [0.2, 0.25) is 5.91 Å². The van der Waals surface area contributed by atoms with E-state index >= 15 is 0 Å². The fourth-order valence-corrected chi connectivity index (χ4v) is 4.25. The maximum Gasteiger partial charge on any atom is 0.252 e. The number of carbonyl (C=O) groups is 2. The molecule has 3 aromatic rings. The largest absolute Gasteiger partial charge is 0.349 e. The molecular weight excluding hydrogens is 430 g/mol. The lowest BCUT2D eigenvalue weighted by atomic mass is 10.0. The number of aromatic nitrogens is 1. The number of hydrogen-bond acceptors (Lipinski definition) is 4. The Labute approximate surface area is 191 Å². The summed E-state index contributed by atoms with van der Waals surface area (Å²) in [5, 5.41) is 8.27. The number of benzene rings is 2. The number of nitrogens with zero attached hydrogens (tertiary/aromatic N) is 1. The van der Waals surface area contributed by atoms with Crippen LogP contribution in [-0.4, -0.2) is 28.6 Å². The van der Waals surface area contributed by atoms with Crippen molar-refractivity contribution in [3.8, 4) is 0 Å². The number of amides is 2. The lowest BCUT2D eigenvalue weighted by Gasteiger charge is -2.17. The van der Waals surface area contributed by atoms with Crippen molar-refractivity contribution in [1.29, 1.82) is 0 Å². The van der Waals surface area contributed by atoms with Crippen molar-refractivity contribution in [3.63, 3.8) is 0 Å². The van der Waals surface area contributed by atoms with Gasteiger partial charge in [0, 0.05) is 16.5 Å². The van der Waals surface area contributed by atoms with Gasteiger partial charge in [0.25, 0.3) is 5.91 Å². The van der Waals surface area contributed by atoms with Crippen molar-refractivity contribution in [2.24, 2.45) is 0 Å². The molecule has 5 nitrogen and oxygen atoms in total. The molecule has 4 rings (SSSR count). The molecule has 1 unspecified atom stereocenters. The highest BCUT2D eigenvalue weighted by Crippen LogP contribution is 2.26. The third kappa shape index (κ3) is 5.57. The van der Waals surface area contributed by atoms with E-state index in [0.717, 1.165) is 35.7 Å². The minimum Gasteiger partial charge on any atom is -0.349 e. The highest BCUT2D eigenvalue weighted by Gasteiger charge is 2.25. The zero-order valence-corrected chi connectivity index (χ0v) is 18.8. The summed E-state index contributed by atoms with van der Waals surface area (Å²) in [4.78, 5) is 30.0. The number of fused-ring (bicyclic) bond motifs is 1. The van der Waals surface area contributed by atoms with Gasteiger partial charge < -0.3 is 10.6 Å². The molecule has 7 heteroatoms. The molecule has 0 radical (unpaired) electrons. The standard InChI is InChI=1S/C24H24ClN3O2S/c1-2-20(15-7-9-16(25)10-8-15)27-22(29)14-31-23-13-19(24(30)26-17-11-12-17)18-5-3-4-6-21(18)28-23/h3-10,13,17,20H,2,11-12,14H2,1H3,(H,26,30)(H,27,29). The molecule has 0 spiro atoms. The van der Waals surface area contributed by atoms with Crippen LogP contribution >= 0.6 is 23.4 Å². The van der Waals surface area contributed by atoms with Crippen LogP contribution in [0, 0.1) is 0 Å². The summed E-state index contributed by atoms with van der Waals surface area (Å²) in [7, 11) is 0. The summed E-state index contributed by atoms with van der Waals surface area (Å²) in [5.74, 6) is 0.0611. The fourth-order valence-electron chi connectivity index (χ4n) is 3.40. The third-order valence-electron chi connectivity index (χ3n) is 5.22. The molecule has 1 aliphatic rings. The van der Waals surface area contributed by atoms with Crippen LogP contribution < -0.4 is 10.6 Å². The summed E-state index contributed by atoms with van der Waals surface area (Å²) in [6.45, 7) is 2.03. The molecule has 160 valence electrons. The van der Waals surface area contributed by atoms with Crippen molar-refractivity contribution in [3.05, 3.63) is 70.7 Å². The molecule has 0 saturated heterocycles. The van der Waals surface area contributed by atoms with Crippen LogP contribution in [0.3, 0.4) is 0 Å². The number of halogens is 1. The first-order valence-corrected chi connectivity index (χ1v) is 11.8. The summed E-state index contributed by atoms with van der Waals surface area (Å²) in [6, 6.07) is 17.1. The van der Waals surface area contributed by atoms with E-state index in [9.17, 15) is 9.59 Å². The van der Waals surface area contributed by atoms with Crippen molar-refractivity contribution in [2.45, 2.75) is 43.3 Å². The fraction of sp³-hybridized carbons (Fsp3) is 0.292. The maximum absolute atomic E-state index is 12.7. The Balaban J connectivity index is 1.45. The second kappa shape index (κ2) is 9.71. The van der Waals surface area contributed by atoms with Gasteiger partial charge in [-0.05, 0) is 49.1 Å². The molecule has 2 N–H and O–H groups in total.